The highest BCUT2D eigenvalue weighted by Gasteiger charge is 2.36. The van der Waals surface area contributed by atoms with Crippen LogP contribution in [0.25, 0.3) is 0 Å². The van der Waals surface area contributed by atoms with Crippen LogP contribution in [0.4, 0.5) is 0 Å². The number of amides is 1. The third-order valence-electron chi connectivity index (χ3n) is 7.25. The number of aliphatic carboxylic acids is 2. The van der Waals surface area contributed by atoms with Gasteiger partial charge in [0.05, 0.1) is 20.3 Å². The molecule has 0 saturated carbocycles. The molecule has 0 bridgehead atoms. The maximum atomic E-state index is 10.9. The predicted molar refractivity (Wildman–Crippen MR) is 149 cm³/mol. The maximum Gasteiger partial charge on any atom is 0.328 e. The van der Waals surface area contributed by atoms with E-state index in [0.29, 0.717) is 24.6 Å². The molecule has 3 N–H and O–H groups in total. The number of carboxylic acids is 2. The summed E-state index contributed by atoms with van der Waals surface area (Å²) in [6, 6.07) is 14.7. The molecular formula is C30H38N2O8. The number of carboxylic acid groups (broad SMARTS) is 2. The van der Waals surface area contributed by atoms with Crippen molar-refractivity contribution in [3.05, 3.63) is 71.3 Å². The Hall–Kier alpha value is -3.89. The van der Waals surface area contributed by atoms with E-state index in [1.54, 1.807) is 14.2 Å². The number of fused-ring (bicyclic) bond motifs is 1. The lowest BCUT2D eigenvalue weighted by Crippen LogP contribution is -2.43. The van der Waals surface area contributed by atoms with Gasteiger partial charge in [0.15, 0.2) is 11.5 Å². The molecule has 0 spiro atoms. The molecule has 10 nitrogen and oxygen atoms in total. The van der Waals surface area contributed by atoms with Gasteiger partial charge in [0, 0.05) is 37.2 Å². The zero-order valence-corrected chi connectivity index (χ0v) is 23.0. The van der Waals surface area contributed by atoms with E-state index >= 15 is 0 Å². The first-order chi connectivity index (χ1) is 19.4. The van der Waals surface area contributed by atoms with Crippen LogP contribution in [-0.4, -0.2) is 80.0 Å². The van der Waals surface area contributed by atoms with E-state index in [2.05, 4.69) is 40.5 Å². The fourth-order valence-corrected chi connectivity index (χ4v) is 5.27. The first-order valence-electron chi connectivity index (χ1n) is 13.3. The van der Waals surface area contributed by atoms with Crippen LogP contribution in [0.5, 0.6) is 11.5 Å². The zero-order valence-electron chi connectivity index (χ0n) is 23.0. The third kappa shape index (κ3) is 8.82. The normalized spacial score (nSPS) is 19.1. The summed E-state index contributed by atoms with van der Waals surface area (Å²) in [4.78, 5) is 32.6. The van der Waals surface area contributed by atoms with Crippen LogP contribution in [-0.2, 0) is 32.0 Å². The van der Waals surface area contributed by atoms with Crippen molar-refractivity contribution in [2.75, 3.05) is 40.4 Å². The lowest BCUT2D eigenvalue weighted by Gasteiger charge is -2.41. The Balaban J connectivity index is 0.000000482. The fraction of sp³-hybridized carbons (Fsp3) is 0.433. The van der Waals surface area contributed by atoms with E-state index in [1.807, 2.05) is 12.1 Å². The molecule has 0 unspecified atom stereocenters. The number of rotatable bonds is 11. The largest absolute Gasteiger partial charge is 0.493 e. The molecule has 2 aromatic carbocycles. The van der Waals surface area contributed by atoms with Gasteiger partial charge in [-0.15, -0.1) is 0 Å². The van der Waals surface area contributed by atoms with Crippen LogP contribution in [0.1, 0.15) is 35.6 Å². The number of hydrogen-bond acceptors (Lipinski definition) is 7. The van der Waals surface area contributed by atoms with Crippen LogP contribution in [0.3, 0.4) is 0 Å². The molecule has 0 radical (unpaired) electrons. The van der Waals surface area contributed by atoms with Crippen molar-refractivity contribution < 1.29 is 38.8 Å². The van der Waals surface area contributed by atoms with Gasteiger partial charge in [-0.05, 0) is 55.5 Å². The molecule has 2 aliphatic heterocycles. The Morgan fingerprint density at radius 3 is 2.27 bits per heavy atom. The molecule has 1 fully saturated rings. The second kappa shape index (κ2) is 15.6. The molecule has 1 saturated heterocycles. The van der Waals surface area contributed by atoms with Gasteiger partial charge in [-0.1, -0.05) is 36.4 Å². The summed E-state index contributed by atoms with van der Waals surface area (Å²) >= 11 is 0. The third-order valence-corrected chi connectivity index (χ3v) is 7.25. The molecule has 2 aliphatic rings. The van der Waals surface area contributed by atoms with Crippen molar-refractivity contribution >= 4 is 18.3 Å². The van der Waals surface area contributed by atoms with Crippen LogP contribution >= 0.6 is 0 Å². The topological polar surface area (TPSA) is 135 Å². The Kier molecular flexibility index (Phi) is 12.0. The van der Waals surface area contributed by atoms with E-state index in [0.717, 1.165) is 74.4 Å². The molecule has 4 rings (SSSR count). The number of likely N-dealkylation sites (tertiary alicyclic amines) is 1. The number of nitrogens with zero attached hydrogens (tertiary/aromatic N) is 1. The van der Waals surface area contributed by atoms with Crippen molar-refractivity contribution in [1.29, 1.82) is 0 Å². The van der Waals surface area contributed by atoms with Crippen molar-refractivity contribution in [3.63, 3.8) is 0 Å². The highest BCUT2D eigenvalue weighted by Crippen LogP contribution is 2.43. The highest BCUT2D eigenvalue weighted by atomic mass is 16.5. The lowest BCUT2D eigenvalue weighted by molar-refractivity contribution is -0.134. The molecule has 2 aromatic rings. The lowest BCUT2D eigenvalue weighted by atomic mass is 9.83. The molecule has 2 atom stereocenters. The standard InChI is InChI=1S/C26H34N2O4.C4H4O4/c1-30-23-9-8-21-22(26(23)31-2)16-24(32-25(21)17-27-18-29)20-11-14-28(15-12-20)13-10-19-6-4-3-5-7-19;5-3(6)1-2-4(7)8/h3-9,18,20,24-25H,10-17H2,1-2H3,(H,27,29);1-2H,(H,5,6)(H,7,8)/t24-,25-;/m0./s1. The minimum atomic E-state index is -1.26. The monoisotopic (exact) mass is 554 g/mol. The number of carbonyl (C=O) groups excluding carboxylic acids is 1. The second-order valence-electron chi connectivity index (χ2n) is 9.69. The van der Waals surface area contributed by atoms with Gasteiger partial charge < -0.3 is 34.6 Å². The Morgan fingerprint density at radius 1 is 1.02 bits per heavy atom. The fourth-order valence-electron chi connectivity index (χ4n) is 5.27. The van der Waals surface area contributed by atoms with Crippen molar-refractivity contribution in [2.24, 2.45) is 5.92 Å². The van der Waals surface area contributed by atoms with E-state index in [4.69, 9.17) is 24.4 Å². The molecule has 2 heterocycles. The van der Waals surface area contributed by atoms with E-state index in [-0.39, 0.29) is 12.2 Å². The molecule has 0 aliphatic carbocycles. The van der Waals surface area contributed by atoms with Gasteiger partial charge in [-0.25, -0.2) is 9.59 Å². The number of benzene rings is 2. The van der Waals surface area contributed by atoms with Gasteiger partial charge in [0.25, 0.3) is 0 Å². The smallest absolute Gasteiger partial charge is 0.328 e. The van der Waals surface area contributed by atoms with Crippen LogP contribution in [0, 0.1) is 5.92 Å². The Labute approximate surface area is 234 Å². The number of hydrogen-bond donors (Lipinski definition) is 3. The van der Waals surface area contributed by atoms with Gasteiger partial charge in [-0.2, -0.15) is 0 Å². The first-order valence-corrected chi connectivity index (χ1v) is 13.3. The number of carbonyl (C=O) groups is 3. The molecule has 216 valence electrons. The Bertz CT molecular complexity index is 1130. The number of piperidine rings is 1. The van der Waals surface area contributed by atoms with Gasteiger partial charge in [0.2, 0.25) is 6.41 Å². The van der Waals surface area contributed by atoms with Crippen LogP contribution in [0.15, 0.2) is 54.6 Å². The summed E-state index contributed by atoms with van der Waals surface area (Å²) in [7, 11) is 3.35. The average molecular weight is 555 g/mol. The van der Waals surface area contributed by atoms with Crippen LogP contribution < -0.4 is 14.8 Å². The number of ether oxygens (including phenoxy) is 3. The minimum absolute atomic E-state index is 0.109. The molecular weight excluding hydrogens is 516 g/mol. The molecule has 1 amide bonds. The van der Waals surface area contributed by atoms with E-state index < -0.39 is 11.9 Å². The van der Waals surface area contributed by atoms with Crippen molar-refractivity contribution in [3.8, 4) is 11.5 Å². The summed E-state index contributed by atoms with van der Waals surface area (Å²) in [6.45, 7) is 3.74. The van der Waals surface area contributed by atoms with Crippen molar-refractivity contribution in [2.45, 2.75) is 37.9 Å². The van der Waals surface area contributed by atoms with E-state index in [9.17, 15) is 14.4 Å². The zero-order chi connectivity index (χ0) is 28.9. The van der Waals surface area contributed by atoms with Crippen molar-refractivity contribution in [1.82, 2.24) is 10.2 Å². The summed E-state index contributed by atoms with van der Waals surface area (Å²) < 4.78 is 17.8. The summed E-state index contributed by atoms with van der Waals surface area (Å²) in [6.07, 6.45) is 5.92. The van der Waals surface area contributed by atoms with Gasteiger partial charge in [-0.3, -0.25) is 4.79 Å². The predicted octanol–water partition coefficient (Wildman–Crippen LogP) is 3.10. The summed E-state index contributed by atoms with van der Waals surface area (Å²) in [5.41, 5.74) is 3.62. The summed E-state index contributed by atoms with van der Waals surface area (Å²) in [5, 5.41) is 18.4. The number of nitrogens with one attached hydrogen (secondary N) is 1. The average Bonchev–Trinajstić information content (AvgIpc) is 2.98. The minimum Gasteiger partial charge on any atom is -0.493 e. The summed E-state index contributed by atoms with van der Waals surface area (Å²) in [5.74, 6) is -0.495. The van der Waals surface area contributed by atoms with Gasteiger partial charge in [0.1, 0.15) is 6.10 Å². The highest BCUT2D eigenvalue weighted by molar-refractivity contribution is 5.89. The quantitative estimate of drug-likeness (QED) is 0.283. The SMILES string of the molecule is COc1ccc2c(c1OC)C[C@@H](C1CCN(CCc3ccccc3)CC1)O[C@H]2CNC=O.O=C(O)C=CC(=O)O. The van der Waals surface area contributed by atoms with E-state index in [1.165, 1.54) is 5.56 Å². The number of methoxy groups -OCH3 is 2. The Morgan fingerprint density at radius 2 is 1.70 bits per heavy atom. The second-order valence-corrected chi connectivity index (χ2v) is 9.69. The van der Waals surface area contributed by atoms with Crippen LogP contribution in [0.2, 0.25) is 0 Å². The molecule has 0 aromatic heterocycles. The molecule has 40 heavy (non-hydrogen) atoms. The maximum absolute atomic E-state index is 10.9. The van der Waals surface area contributed by atoms with Gasteiger partial charge >= 0.3 is 11.9 Å². The first kappa shape index (κ1) is 30.6. The molecule has 10 heteroatoms.